The smallest absolute Gasteiger partial charge is 0.263 e. The van der Waals surface area contributed by atoms with E-state index in [0.29, 0.717) is 11.8 Å². The van der Waals surface area contributed by atoms with Crippen molar-refractivity contribution in [1.82, 2.24) is 29.5 Å². The summed E-state index contributed by atoms with van der Waals surface area (Å²) in [7, 11) is 0. The number of nitrogen functional groups attached to an aromatic ring is 1. The fourth-order valence-electron chi connectivity index (χ4n) is 4.79. The second-order valence-electron chi connectivity index (χ2n) is 8.94. The van der Waals surface area contributed by atoms with Crippen LogP contribution in [0.25, 0.3) is 38.6 Å². The van der Waals surface area contributed by atoms with E-state index < -0.39 is 0 Å². The molecular weight excluding hydrogens is 462 g/mol. The van der Waals surface area contributed by atoms with Gasteiger partial charge in [0.25, 0.3) is 5.56 Å². The van der Waals surface area contributed by atoms with Crippen LogP contribution in [0.4, 0.5) is 5.95 Å². The highest BCUT2D eigenvalue weighted by atomic mass is 16.1. The molecule has 4 aromatic heterocycles. The molecule has 0 unspecified atom stereocenters. The van der Waals surface area contributed by atoms with Gasteiger partial charge in [0, 0.05) is 47.9 Å². The lowest BCUT2D eigenvalue weighted by Gasteiger charge is -2.21. The summed E-state index contributed by atoms with van der Waals surface area (Å²) in [6, 6.07) is 21.4. The molecule has 180 valence electrons. The molecule has 0 saturated carbocycles. The van der Waals surface area contributed by atoms with Crippen molar-refractivity contribution in [2.45, 2.75) is 19.3 Å². The van der Waals surface area contributed by atoms with Crippen LogP contribution in [0.5, 0.6) is 0 Å². The molecule has 0 spiro atoms. The third-order valence-electron chi connectivity index (χ3n) is 6.55. The van der Waals surface area contributed by atoms with Crippen LogP contribution in [0.3, 0.4) is 0 Å². The highest BCUT2D eigenvalue weighted by Crippen LogP contribution is 2.30. The summed E-state index contributed by atoms with van der Waals surface area (Å²) in [5.74, 6) is 0.148. The van der Waals surface area contributed by atoms with Crippen molar-refractivity contribution in [2.75, 3.05) is 5.73 Å². The van der Waals surface area contributed by atoms with E-state index in [1.54, 1.807) is 29.5 Å². The van der Waals surface area contributed by atoms with Crippen molar-refractivity contribution < 1.29 is 0 Å². The minimum absolute atomic E-state index is 0.0408. The molecule has 0 radical (unpaired) electrons. The fraction of sp³-hybridized carbons (Fsp3) is 0.103. The summed E-state index contributed by atoms with van der Waals surface area (Å²) >= 11 is 0. The van der Waals surface area contributed by atoms with Gasteiger partial charge in [0.15, 0.2) is 0 Å². The number of nitrogens with two attached hydrogens (primary N) is 1. The van der Waals surface area contributed by atoms with Gasteiger partial charge in [-0.05, 0) is 41.3 Å². The van der Waals surface area contributed by atoms with E-state index in [1.807, 2.05) is 60.7 Å². The van der Waals surface area contributed by atoms with Crippen molar-refractivity contribution in [2.24, 2.45) is 0 Å². The Morgan fingerprint density at radius 1 is 0.892 bits per heavy atom. The lowest BCUT2D eigenvalue weighted by molar-refractivity contribution is 0.686. The molecule has 0 fully saturated rings. The third-order valence-corrected chi connectivity index (χ3v) is 6.55. The van der Waals surface area contributed by atoms with E-state index in [0.717, 1.165) is 44.6 Å². The zero-order chi connectivity index (χ0) is 25.4. The van der Waals surface area contributed by atoms with Gasteiger partial charge in [0.2, 0.25) is 5.95 Å². The Morgan fingerprint density at radius 2 is 1.70 bits per heavy atom. The summed E-state index contributed by atoms with van der Waals surface area (Å²) < 4.78 is 1.80. The minimum Gasteiger partial charge on any atom is -0.368 e. The topological polar surface area (TPSA) is 112 Å². The molecule has 8 heteroatoms. The van der Waals surface area contributed by atoms with Gasteiger partial charge in [0.05, 0.1) is 16.6 Å². The molecular formula is C29H23N7O. The summed E-state index contributed by atoms with van der Waals surface area (Å²) in [6.45, 7) is 2.11. The Labute approximate surface area is 212 Å². The standard InChI is InChI=1S/C29H23N7O/c1-18(13-24-27-23(34-17-35-24)11-6-12-31-27)25-14-19-7-5-10-22(20-15-32-29(30)33-16-20)26(19)28(37)36(25)21-8-3-2-4-9-21/h2-12,14-18H,13H2,1H3,(H2,30,32,33)/t18-/m1/s1. The molecule has 0 saturated heterocycles. The molecule has 1 atom stereocenters. The molecule has 37 heavy (non-hydrogen) atoms. The monoisotopic (exact) mass is 485 g/mol. The van der Waals surface area contributed by atoms with Crippen molar-refractivity contribution in [3.05, 3.63) is 113 Å². The van der Waals surface area contributed by atoms with Crippen LogP contribution in [0.2, 0.25) is 0 Å². The number of pyridine rings is 2. The minimum atomic E-state index is -0.108. The van der Waals surface area contributed by atoms with Crippen molar-refractivity contribution in [3.8, 4) is 16.8 Å². The number of nitrogens with zero attached hydrogens (tertiary/aromatic N) is 6. The van der Waals surface area contributed by atoms with Crippen molar-refractivity contribution in [3.63, 3.8) is 0 Å². The summed E-state index contributed by atoms with van der Waals surface area (Å²) in [5, 5.41) is 1.45. The SMILES string of the molecule is C[C@H](Cc1ncnc2cccnc12)c1cc2cccc(-c3cnc(N)nc3)c2c(=O)n1-c1ccccc1. The van der Waals surface area contributed by atoms with Gasteiger partial charge in [-0.15, -0.1) is 0 Å². The number of anilines is 1. The van der Waals surface area contributed by atoms with Gasteiger partial charge < -0.3 is 5.73 Å². The molecule has 6 aromatic rings. The van der Waals surface area contributed by atoms with E-state index in [4.69, 9.17) is 5.73 Å². The maximum absolute atomic E-state index is 14.2. The molecule has 2 N–H and O–H groups in total. The van der Waals surface area contributed by atoms with Gasteiger partial charge >= 0.3 is 0 Å². The Morgan fingerprint density at radius 3 is 2.51 bits per heavy atom. The van der Waals surface area contributed by atoms with Gasteiger partial charge in [-0.1, -0.05) is 43.3 Å². The van der Waals surface area contributed by atoms with Crippen LogP contribution in [0, 0.1) is 0 Å². The Hall–Kier alpha value is -4.98. The van der Waals surface area contributed by atoms with Gasteiger partial charge in [-0.25, -0.2) is 19.9 Å². The van der Waals surface area contributed by atoms with E-state index in [9.17, 15) is 4.79 Å². The Balaban J connectivity index is 1.56. The number of fused-ring (bicyclic) bond motifs is 2. The average molecular weight is 486 g/mol. The van der Waals surface area contributed by atoms with Gasteiger partial charge in [-0.2, -0.15) is 0 Å². The molecule has 0 bridgehead atoms. The van der Waals surface area contributed by atoms with Crippen molar-refractivity contribution in [1.29, 1.82) is 0 Å². The summed E-state index contributed by atoms with van der Waals surface area (Å²) in [6.07, 6.45) is 7.20. The second kappa shape index (κ2) is 9.23. The lowest BCUT2D eigenvalue weighted by Crippen LogP contribution is -2.24. The Kier molecular flexibility index (Phi) is 5.61. The van der Waals surface area contributed by atoms with E-state index >= 15 is 0 Å². The van der Waals surface area contributed by atoms with E-state index in [-0.39, 0.29) is 17.4 Å². The highest BCUT2D eigenvalue weighted by Gasteiger charge is 2.20. The predicted molar refractivity (Wildman–Crippen MR) is 144 cm³/mol. The molecule has 4 heterocycles. The molecule has 0 amide bonds. The Bertz CT molecular complexity index is 1790. The largest absolute Gasteiger partial charge is 0.368 e. The molecule has 8 nitrogen and oxygen atoms in total. The van der Waals surface area contributed by atoms with Crippen LogP contribution < -0.4 is 11.3 Å². The maximum atomic E-state index is 14.2. The maximum Gasteiger partial charge on any atom is 0.263 e. The zero-order valence-corrected chi connectivity index (χ0v) is 20.1. The molecule has 2 aromatic carbocycles. The number of aromatic nitrogens is 6. The normalized spacial score (nSPS) is 12.1. The fourth-order valence-corrected chi connectivity index (χ4v) is 4.79. The highest BCUT2D eigenvalue weighted by molar-refractivity contribution is 5.96. The molecule has 0 aliphatic rings. The van der Waals surface area contributed by atoms with Crippen molar-refractivity contribution >= 4 is 27.8 Å². The number of hydrogen-bond donors (Lipinski definition) is 1. The number of rotatable bonds is 5. The average Bonchev–Trinajstić information content (AvgIpc) is 2.94. The van der Waals surface area contributed by atoms with Crippen LogP contribution in [0.1, 0.15) is 24.2 Å². The summed E-state index contributed by atoms with van der Waals surface area (Å²) in [5.41, 5.74) is 11.2. The first-order valence-corrected chi connectivity index (χ1v) is 12.0. The lowest BCUT2D eigenvalue weighted by atomic mass is 9.95. The first kappa shape index (κ1) is 22.5. The second-order valence-corrected chi connectivity index (χ2v) is 8.94. The van der Waals surface area contributed by atoms with Crippen LogP contribution in [-0.2, 0) is 6.42 Å². The van der Waals surface area contributed by atoms with Gasteiger partial charge in [0.1, 0.15) is 11.8 Å². The third kappa shape index (κ3) is 4.08. The molecule has 0 aliphatic carbocycles. The zero-order valence-electron chi connectivity index (χ0n) is 20.1. The van der Waals surface area contributed by atoms with Crippen LogP contribution in [0.15, 0.2) is 96.4 Å². The summed E-state index contributed by atoms with van der Waals surface area (Å²) in [4.78, 5) is 35.9. The predicted octanol–water partition coefficient (Wildman–Crippen LogP) is 4.71. The number of benzene rings is 2. The van der Waals surface area contributed by atoms with Crippen LogP contribution in [-0.4, -0.2) is 29.5 Å². The molecule has 0 aliphatic heterocycles. The van der Waals surface area contributed by atoms with E-state index in [1.165, 1.54) is 0 Å². The van der Waals surface area contributed by atoms with E-state index in [2.05, 4.69) is 37.9 Å². The molecule has 6 rings (SSSR count). The first-order chi connectivity index (χ1) is 18.1. The first-order valence-electron chi connectivity index (χ1n) is 12.0. The number of para-hydroxylation sites is 1. The number of hydrogen-bond acceptors (Lipinski definition) is 7. The van der Waals surface area contributed by atoms with Gasteiger partial charge in [-0.3, -0.25) is 14.3 Å². The van der Waals surface area contributed by atoms with Crippen LogP contribution >= 0.6 is 0 Å². The quantitative estimate of drug-likeness (QED) is 0.376.